The predicted octanol–water partition coefficient (Wildman–Crippen LogP) is 3.40. The van der Waals surface area contributed by atoms with Crippen molar-refractivity contribution in [1.82, 2.24) is 0 Å². The van der Waals surface area contributed by atoms with Crippen LogP contribution in [0, 0.1) is 13.8 Å². The number of nitrogens with one attached hydrogen (secondary N) is 1. The second-order valence-electron chi connectivity index (χ2n) is 4.38. The van der Waals surface area contributed by atoms with Crippen LogP contribution in [0.5, 0.6) is 0 Å². The molecular formula is C15H15NO3S. The molecule has 0 atom stereocenters. The maximum Gasteiger partial charge on any atom is 0.337 e. The number of methoxy groups -OCH3 is 1. The van der Waals surface area contributed by atoms with Crippen LogP contribution < -0.4 is 5.32 Å². The van der Waals surface area contributed by atoms with Gasteiger partial charge in [-0.2, -0.15) is 0 Å². The van der Waals surface area contributed by atoms with Crippen molar-refractivity contribution in [3.63, 3.8) is 0 Å². The number of esters is 1. The molecule has 0 saturated carbocycles. The van der Waals surface area contributed by atoms with Gasteiger partial charge in [0.25, 0.3) is 5.91 Å². The highest BCUT2D eigenvalue weighted by atomic mass is 32.1. The average Bonchev–Trinajstić information content (AvgIpc) is 2.78. The van der Waals surface area contributed by atoms with Crippen LogP contribution in [0.2, 0.25) is 0 Å². The lowest BCUT2D eigenvalue weighted by Gasteiger charge is -2.05. The molecule has 0 aliphatic rings. The summed E-state index contributed by atoms with van der Waals surface area (Å²) in [4.78, 5) is 25.3. The van der Waals surface area contributed by atoms with Crippen LogP contribution >= 0.6 is 11.3 Å². The molecule has 1 amide bonds. The Kier molecular flexibility index (Phi) is 4.20. The van der Waals surface area contributed by atoms with Gasteiger partial charge in [-0.1, -0.05) is 6.07 Å². The van der Waals surface area contributed by atoms with E-state index in [4.69, 9.17) is 0 Å². The van der Waals surface area contributed by atoms with Crippen LogP contribution in [0.15, 0.2) is 30.3 Å². The number of carbonyl (C=O) groups is 2. The summed E-state index contributed by atoms with van der Waals surface area (Å²) in [6.07, 6.45) is 0. The average molecular weight is 289 g/mol. The van der Waals surface area contributed by atoms with Crippen molar-refractivity contribution < 1.29 is 14.3 Å². The standard InChI is InChI=1S/C15H15NO3S/c1-9-7-13(20-10(9)2)14(17)16-12-6-4-5-11(8-12)15(18)19-3/h4-8H,1-3H3,(H,16,17). The Balaban J connectivity index is 2.17. The van der Waals surface area contributed by atoms with Crippen molar-refractivity contribution >= 4 is 28.9 Å². The molecule has 20 heavy (non-hydrogen) atoms. The molecule has 5 heteroatoms. The molecule has 1 aromatic carbocycles. The van der Waals surface area contributed by atoms with Crippen molar-refractivity contribution in [3.8, 4) is 0 Å². The first-order valence-corrected chi connectivity index (χ1v) is 6.89. The van der Waals surface area contributed by atoms with E-state index in [0.29, 0.717) is 16.1 Å². The molecule has 1 N–H and O–H groups in total. The molecule has 0 radical (unpaired) electrons. The summed E-state index contributed by atoms with van der Waals surface area (Å²) in [5.74, 6) is -0.600. The minimum Gasteiger partial charge on any atom is -0.465 e. The third-order valence-corrected chi connectivity index (χ3v) is 4.08. The Hall–Kier alpha value is -2.14. The monoisotopic (exact) mass is 289 g/mol. The molecule has 2 rings (SSSR count). The number of anilines is 1. The van der Waals surface area contributed by atoms with Crippen LogP contribution in [0.3, 0.4) is 0 Å². The Morgan fingerprint density at radius 2 is 1.95 bits per heavy atom. The highest BCUT2D eigenvalue weighted by Gasteiger charge is 2.12. The quantitative estimate of drug-likeness (QED) is 0.881. The van der Waals surface area contributed by atoms with E-state index >= 15 is 0 Å². The van der Waals surface area contributed by atoms with Gasteiger partial charge in [-0.3, -0.25) is 4.79 Å². The minimum absolute atomic E-state index is 0.173. The number of benzene rings is 1. The van der Waals surface area contributed by atoms with Gasteiger partial charge in [0.2, 0.25) is 0 Å². The Labute approximate surface area is 121 Å². The van der Waals surface area contributed by atoms with Gasteiger partial charge in [0.15, 0.2) is 0 Å². The van der Waals surface area contributed by atoms with E-state index in [1.165, 1.54) is 18.4 Å². The number of rotatable bonds is 3. The van der Waals surface area contributed by atoms with Crippen LogP contribution in [0.4, 0.5) is 5.69 Å². The third-order valence-electron chi connectivity index (χ3n) is 2.93. The number of hydrogen-bond donors (Lipinski definition) is 1. The number of aryl methyl sites for hydroxylation is 2. The fourth-order valence-corrected chi connectivity index (χ4v) is 2.65. The molecule has 0 aliphatic heterocycles. The maximum atomic E-state index is 12.1. The largest absolute Gasteiger partial charge is 0.465 e. The first-order valence-electron chi connectivity index (χ1n) is 6.08. The third kappa shape index (κ3) is 3.05. The summed E-state index contributed by atoms with van der Waals surface area (Å²) in [6, 6.07) is 8.53. The van der Waals surface area contributed by atoms with E-state index in [9.17, 15) is 9.59 Å². The van der Waals surface area contributed by atoms with Crippen LogP contribution in [0.25, 0.3) is 0 Å². The van der Waals surface area contributed by atoms with E-state index in [2.05, 4.69) is 10.1 Å². The van der Waals surface area contributed by atoms with Gasteiger partial charge >= 0.3 is 5.97 Å². The van der Waals surface area contributed by atoms with Crippen LogP contribution in [-0.2, 0) is 4.74 Å². The van der Waals surface area contributed by atoms with Gasteiger partial charge in [-0.05, 0) is 43.7 Å². The van der Waals surface area contributed by atoms with Crippen molar-refractivity contribution in [2.75, 3.05) is 12.4 Å². The molecule has 0 fully saturated rings. The molecule has 0 saturated heterocycles. The van der Waals surface area contributed by atoms with E-state index < -0.39 is 5.97 Å². The first kappa shape index (κ1) is 14.3. The van der Waals surface area contributed by atoms with E-state index in [-0.39, 0.29) is 5.91 Å². The van der Waals surface area contributed by atoms with Crippen LogP contribution in [0.1, 0.15) is 30.5 Å². The van der Waals surface area contributed by atoms with Gasteiger partial charge in [-0.25, -0.2) is 4.79 Å². The fraction of sp³-hybridized carbons (Fsp3) is 0.200. The zero-order valence-corrected chi connectivity index (χ0v) is 12.3. The van der Waals surface area contributed by atoms with Crippen molar-refractivity contribution in [2.24, 2.45) is 0 Å². The van der Waals surface area contributed by atoms with Crippen molar-refractivity contribution in [1.29, 1.82) is 0 Å². The molecule has 2 aromatic rings. The molecular weight excluding hydrogens is 274 g/mol. The van der Waals surface area contributed by atoms with Gasteiger partial charge in [-0.15, -0.1) is 11.3 Å². The van der Waals surface area contributed by atoms with Crippen LogP contribution in [-0.4, -0.2) is 19.0 Å². The zero-order chi connectivity index (χ0) is 14.7. The van der Waals surface area contributed by atoms with E-state index in [0.717, 1.165) is 10.4 Å². The van der Waals surface area contributed by atoms with Gasteiger partial charge in [0.05, 0.1) is 17.6 Å². The van der Waals surface area contributed by atoms with E-state index in [1.807, 2.05) is 19.9 Å². The fourth-order valence-electron chi connectivity index (χ4n) is 1.72. The summed E-state index contributed by atoms with van der Waals surface area (Å²) in [5.41, 5.74) is 2.08. The summed E-state index contributed by atoms with van der Waals surface area (Å²) >= 11 is 1.45. The summed E-state index contributed by atoms with van der Waals surface area (Å²) in [5, 5.41) is 2.78. The molecule has 0 bridgehead atoms. The molecule has 1 heterocycles. The van der Waals surface area contributed by atoms with Crippen molar-refractivity contribution in [3.05, 3.63) is 51.2 Å². The number of carbonyl (C=O) groups excluding carboxylic acids is 2. The predicted molar refractivity (Wildman–Crippen MR) is 79.5 cm³/mol. The molecule has 4 nitrogen and oxygen atoms in total. The lowest BCUT2D eigenvalue weighted by Crippen LogP contribution is -2.11. The Bertz CT molecular complexity index is 641. The maximum absolute atomic E-state index is 12.1. The highest BCUT2D eigenvalue weighted by molar-refractivity contribution is 7.14. The normalized spacial score (nSPS) is 10.2. The second kappa shape index (κ2) is 5.88. The lowest BCUT2D eigenvalue weighted by atomic mass is 10.2. The summed E-state index contributed by atoms with van der Waals surface area (Å²) in [7, 11) is 1.32. The Morgan fingerprint density at radius 1 is 1.20 bits per heavy atom. The molecule has 0 spiro atoms. The SMILES string of the molecule is COC(=O)c1cccc(NC(=O)c2cc(C)c(C)s2)c1. The summed E-state index contributed by atoms with van der Waals surface area (Å²) < 4.78 is 4.65. The minimum atomic E-state index is -0.427. The first-order chi connectivity index (χ1) is 9.51. The summed E-state index contributed by atoms with van der Waals surface area (Å²) in [6.45, 7) is 3.95. The Morgan fingerprint density at radius 3 is 2.55 bits per heavy atom. The number of amides is 1. The van der Waals surface area contributed by atoms with Gasteiger partial charge in [0, 0.05) is 10.6 Å². The molecule has 104 valence electrons. The van der Waals surface area contributed by atoms with Crippen molar-refractivity contribution in [2.45, 2.75) is 13.8 Å². The van der Waals surface area contributed by atoms with Gasteiger partial charge < -0.3 is 10.1 Å². The number of ether oxygens (including phenoxy) is 1. The molecule has 1 aromatic heterocycles. The van der Waals surface area contributed by atoms with E-state index in [1.54, 1.807) is 24.3 Å². The van der Waals surface area contributed by atoms with Gasteiger partial charge in [0.1, 0.15) is 0 Å². The number of thiophene rings is 1. The molecule has 0 aliphatic carbocycles. The zero-order valence-electron chi connectivity index (χ0n) is 11.5. The topological polar surface area (TPSA) is 55.4 Å². The smallest absolute Gasteiger partial charge is 0.337 e. The molecule has 0 unspecified atom stereocenters. The highest BCUT2D eigenvalue weighted by Crippen LogP contribution is 2.22. The number of hydrogen-bond acceptors (Lipinski definition) is 4. The lowest BCUT2D eigenvalue weighted by molar-refractivity contribution is 0.0600. The second-order valence-corrected chi connectivity index (χ2v) is 5.63.